The number of ether oxygens (including phenoxy) is 1. The van der Waals surface area contributed by atoms with E-state index in [1.807, 2.05) is 47.4 Å². The van der Waals surface area contributed by atoms with Gasteiger partial charge in [-0.05, 0) is 36.4 Å². The molecule has 0 N–H and O–H groups in total. The lowest BCUT2D eigenvalue weighted by Gasteiger charge is -2.34. The van der Waals surface area contributed by atoms with E-state index in [9.17, 15) is 9.59 Å². The molecule has 2 aliphatic rings. The Hall–Kier alpha value is -3.32. The molecule has 1 aromatic carbocycles. The van der Waals surface area contributed by atoms with Crippen molar-refractivity contribution in [3.05, 3.63) is 72.3 Å². The molecule has 34 heavy (non-hydrogen) atoms. The van der Waals surface area contributed by atoms with E-state index in [1.165, 1.54) is 6.42 Å². The molecule has 0 unspecified atom stereocenters. The minimum atomic E-state index is -0.292. The first-order valence-electron chi connectivity index (χ1n) is 12.1. The van der Waals surface area contributed by atoms with Gasteiger partial charge in [-0.2, -0.15) is 0 Å². The van der Waals surface area contributed by atoms with E-state index in [0.29, 0.717) is 25.4 Å². The molecule has 0 bridgehead atoms. The van der Waals surface area contributed by atoms with E-state index >= 15 is 0 Å². The number of carbonyl (C=O) groups excluding carboxylic acids is 2. The van der Waals surface area contributed by atoms with Crippen LogP contribution in [-0.4, -0.2) is 63.4 Å². The Morgan fingerprint density at radius 2 is 1.76 bits per heavy atom. The van der Waals surface area contributed by atoms with Gasteiger partial charge in [-0.1, -0.05) is 49.6 Å². The Kier molecular flexibility index (Phi) is 6.81. The van der Waals surface area contributed by atoms with E-state index in [4.69, 9.17) is 4.74 Å². The third-order valence-corrected chi connectivity index (χ3v) is 6.82. The first kappa shape index (κ1) is 22.5. The molecule has 1 saturated carbocycles. The van der Waals surface area contributed by atoms with Gasteiger partial charge in [-0.3, -0.25) is 19.6 Å². The summed E-state index contributed by atoms with van der Waals surface area (Å²) in [6.07, 6.45) is 8.68. The monoisotopic (exact) mass is 458 g/mol. The van der Waals surface area contributed by atoms with E-state index < -0.39 is 0 Å². The van der Waals surface area contributed by atoms with Crippen LogP contribution in [0, 0.1) is 0 Å². The van der Waals surface area contributed by atoms with E-state index in [-0.39, 0.29) is 30.5 Å². The highest BCUT2D eigenvalue weighted by Crippen LogP contribution is 2.25. The van der Waals surface area contributed by atoms with Gasteiger partial charge in [0.1, 0.15) is 12.2 Å². The second-order valence-electron chi connectivity index (χ2n) is 9.19. The third-order valence-electron chi connectivity index (χ3n) is 6.82. The smallest absolute Gasteiger partial charge is 0.273 e. The first-order chi connectivity index (χ1) is 16.7. The van der Waals surface area contributed by atoms with E-state index in [1.54, 1.807) is 23.4 Å². The minimum absolute atomic E-state index is 0.00928. The van der Waals surface area contributed by atoms with Crippen LogP contribution in [0.15, 0.2) is 60.9 Å². The molecule has 0 radical (unpaired) electrons. The largest absolute Gasteiger partial charge is 0.368 e. The summed E-state index contributed by atoms with van der Waals surface area (Å²) in [5, 5.41) is 1.93. The molecule has 3 aromatic rings. The van der Waals surface area contributed by atoms with Crippen molar-refractivity contribution in [1.82, 2.24) is 19.8 Å². The average molecular weight is 459 g/mol. The number of aromatic nitrogens is 2. The molecule has 3 heterocycles. The fraction of sp³-hybridized carbons (Fsp3) is 0.407. The molecule has 2 fully saturated rings. The molecule has 1 saturated heterocycles. The summed E-state index contributed by atoms with van der Waals surface area (Å²) in [6.45, 7) is 1.22. The predicted octanol–water partition coefficient (Wildman–Crippen LogP) is 3.83. The van der Waals surface area contributed by atoms with Gasteiger partial charge < -0.3 is 14.5 Å². The minimum Gasteiger partial charge on any atom is -0.368 e. The zero-order valence-electron chi connectivity index (χ0n) is 19.3. The summed E-state index contributed by atoms with van der Waals surface area (Å²) in [5.41, 5.74) is 1.18. The lowest BCUT2D eigenvalue weighted by molar-refractivity contribution is -0.134. The van der Waals surface area contributed by atoms with Crippen molar-refractivity contribution in [3.8, 4) is 0 Å². The normalized spacial score (nSPS) is 19.9. The Labute approximate surface area is 199 Å². The second-order valence-corrected chi connectivity index (χ2v) is 9.19. The highest BCUT2D eigenvalue weighted by atomic mass is 16.5. The topological polar surface area (TPSA) is 75.6 Å². The number of amides is 2. The van der Waals surface area contributed by atoms with Crippen LogP contribution in [0.3, 0.4) is 0 Å². The van der Waals surface area contributed by atoms with Gasteiger partial charge in [0.05, 0.1) is 18.4 Å². The van der Waals surface area contributed by atoms with Gasteiger partial charge in [-0.15, -0.1) is 0 Å². The number of nitrogens with zero attached hydrogens (tertiary/aromatic N) is 4. The molecule has 0 spiro atoms. The van der Waals surface area contributed by atoms with Crippen LogP contribution in [0.5, 0.6) is 0 Å². The zero-order chi connectivity index (χ0) is 23.3. The molecule has 2 aromatic heterocycles. The van der Waals surface area contributed by atoms with Gasteiger partial charge in [0, 0.05) is 36.9 Å². The maximum Gasteiger partial charge on any atom is 0.273 e. The summed E-state index contributed by atoms with van der Waals surface area (Å²) in [6, 6.07) is 15.6. The summed E-state index contributed by atoms with van der Waals surface area (Å²) >= 11 is 0. The van der Waals surface area contributed by atoms with Crippen LogP contribution >= 0.6 is 0 Å². The Bertz CT molecular complexity index is 1150. The van der Waals surface area contributed by atoms with Crippen LogP contribution in [0.1, 0.15) is 48.3 Å². The fourth-order valence-corrected chi connectivity index (χ4v) is 5.00. The highest BCUT2D eigenvalue weighted by molar-refractivity contribution is 5.98. The van der Waals surface area contributed by atoms with Crippen LogP contribution in [-0.2, 0) is 16.1 Å². The van der Waals surface area contributed by atoms with Crippen molar-refractivity contribution < 1.29 is 14.3 Å². The molecule has 1 aliphatic carbocycles. The fourth-order valence-electron chi connectivity index (χ4n) is 5.00. The third kappa shape index (κ3) is 5.09. The molecule has 1 aliphatic heterocycles. The lowest BCUT2D eigenvalue weighted by atomic mass is 9.94. The van der Waals surface area contributed by atoms with Gasteiger partial charge in [0.15, 0.2) is 0 Å². The first-order valence-corrected chi connectivity index (χ1v) is 12.1. The Morgan fingerprint density at radius 3 is 2.56 bits per heavy atom. The summed E-state index contributed by atoms with van der Waals surface area (Å²) in [4.78, 5) is 39.1. The van der Waals surface area contributed by atoms with Crippen LogP contribution in [0.2, 0.25) is 0 Å². The number of benzene rings is 1. The number of rotatable bonds is 5. The lowest BCUT2D eigenvalue weighted by Crippen LogP contribution is -2.46. The second kappa shape index (κ2) is 10.3. The van der Waals surface area contributed by atoms with Crippen molar-refractivity contribution in [2.45, 2.75) is 50.9 Å². The van der Waals surface area contributed by atoms with Crippen molar-refractivity contribution in [2.75, 3.05) is 19.6 Å². The summed E-state index contributed by atoms with van der Waals surface area (Å²) in [5.74, 6) is -0.249. The van der Waals surface area contributed by atoms with Gasteiger partial charge in [-0.25, -0.2) is 0 Å². The van der Waals surface area contributed by atoms with Crippen molar-refractivity contribution in [3.63, 3.8) is 0 Å². The predicted molar refractivity (Wildman–Crippen MR) is 129 cm³/mol. The number of pyridine rings is 2. The number of carbonyl (C=O) groups is 2. The molecule has 5 rings (SSSR count). The maximum absolute atomic E-state index is 13.5. The van der Waals surface area contributed by atoms with Gasteiger partial charge in [0.2, 0.25) is 5.91 Å². The highest BCUT2D eigenvalue weighted by Gasteiger charge is 2.35. The zero-order valence-corrected chi connectivity index (χ0v) is 19.3. The van der Waals surface area contributed by atoms with Crippen LogP contribution in [0.4, 0.5) is 0 Å². The molecule has 176 valence electrons. The SMILES string of the molecule is O=C(c1cc2ccccc2cn1)N1CC(=O)N(C2CCCCC2)C[C@@H](OCc2ccccn2)C1. The average Bonchev–Trinajstić information content (AvgIpc) is 3.06. The molecular weight excluding hydrogens is 428 g/mol. The summed E-state index contributed by atoms with van der Waals surface area (Å²) < 4.78 is 6.23. The van der Waals surface area contributed by atoms with Gasteiger partial charge in [0.25, 0.3) is 5.91 Å². The molecule has 7 heteroatoms. The molecule has 7 nitrogen and oxygen atoms in total. The number of hydrogen-bond acceptors (Lipinski definition) is 5. The summed E-state index contributed by atoms with van der Waals surface area (Å²) in [7, 11) is 0. The maximum atomic E-state index is 13.5. The van der Waals surface area contributed by atoms with Crippen LogP contribution < -0.4 is 0 Å². The Morgan fingerprint density at radius 1 is 0.971 bits per heavy atom. The molecule has 2 amide bonds. The number of fused-ring (bicyclic) bond motifs is 1. The van der Waals surface area contributed by atoms with E-state index in [0.717, 1.165) is 42.1 Å². The van der Waals surface area contributed by atoms with E-state index in [2.05, 4.69) is 9.97 Å². The number of hydrogen-bond donors (Lipinski definition) is 0. The van der Waals surface area contributed by atoms with Crippen LogP contribution in [0.25, 0.3) is 10.8 Å². The molecular formula is C27H30N4O3. The van der Waals surface area contributed by atoms with Gasteiger partial charge >= 0.3 is 0 Å². The van der Waals surface area contributed by atoms with Crippen molar-refractivity contribution >= 4 is 22.6 Å². The molecule has 1 atom stereocenters. The van der Waals surface area contributed by atoms with Crippen molar-refractivity contribution in [2.24, 2.45) is 0 Å². The van der Waals surface area contributed by atoms with Crippen molar-refractivity contribution in [1.29, 1.82) is 0 Å². The Balaban J connectivity index is 1.38. The quantitative estimate of drug-likeness (QED) is 0.581. The standard InChI is InChI=1S/C27H30N4O3/c32-26-18-30(27(33)25-14-20-8-4-5-9-21(20)15-29-25)16-24(34-19-22-10-6-7-13-28-22)17-31(26)23-11-2-1-3-12-23/h4-10,13-15,23-24H,1-3,11-12,16-19H2/t24-/m0/s1.